The van der Waals surface area contributed by atoms with E-state index >= 15 is 0 Å². The van der Waals surface area contributed by atoms with E-state index in [1.165, 1.54) is 24.2 Å². The minimum atomic E-state index is -0.843. The fraction of sp³-hybridized carbons (Fsp3) is 0.692. The molecule has 2 rings (SSSR count). The Morgan fingerprint density at radius 2 is 2.11 bits per heavy atom. The SMILES string of the molecule is CC(C)(C)c1nc(C2CCCCS2)sc1C(=O)O. The van der Waals surface area contributed by atoms with Crippen molar-refractivity contribution in [3.8, 4) is 0 Å². The van der Waals surface area contributed by atoms with Gasteiger partial charge in [0.05, 0.1) is 10.9 Å². The second-order valence-corrected chi connectivity index (χ2v) is 7.98. The van der Waals surface area contributed by atoms with Crippen molar-refractivity contribution < 1.29 is 9.90 Å². The lowest BCUT2D eigenvalue weighted by molar-refractivity contribution is 0.0699. The summed E-state index contributed by atoms with van der Waals surface area (Å²) in [6.45, 7) is 6.06. The molecule has 5 heteroatoms. The van der Waals surface area contributed by atoms with Crippen LogP contribution in [0.2, 0.25) is 0 Å². The van der Waals surface area contributed by atoms with Crippen molar-refractivity contribution in [3.05, 3.63) is 15.6 Å². The van der Waals surface area contributed by atoms with Gasteiger partial charge in [-0.25, -0.2) is 9.78 Å². The van der Waals surface area contributed by atoms with Gasteiger partial charge in [-0.1, -0.05) is 27.2 Å². The molecule has 1 atom stereocenters. The second kappa shape index (κ2) is 5.21. The highest BCUT2D eigenvalue weighted by Gasteiger charge is 2.29. The standard InChI is InChI=1S/C13H19NO2S2/c1-13(2,3)10-9(12(15)16)18-11(14-10)8-6-4-5-7-17-8/h8H,4-7H2,1-3H3,(H,15,16). The van der Waals surface area contributed by atoms with Crippen LogP contribution in [-0.4, -0.2) is 21.8 Å². The monoisotopic (exact) mass is 285 g/mol. The second-order valence-electron chi connectivity index (χ2n) is 5.64. The number of hydrogen-bond acceptors (Lipinski definition) is 4. The molecule has 18 heavy (non-hydrogen) atoms. The number of hydrogen-bond donors (Lipinski definition) is 1. The number of carbonyl (C=O) groups is 1. The van der Waals surface area contributed by atoms with E-state index in [1.54, 1.807) is 0 Å². The maximum atomic E-state index is 11.3. The normalized spacial score (nSPS) is 20.9. The van der Waals surface area contributed by atoms with Crippen LogP contribution < -0.4 is 0 Å². The fourth-order valence-electron chi connectivity index (χ4n) is 2.06. The van der Waals surface area contributed by atoms with Crippen LogP contribution in [0.3, 0.4) is 0 Å². The first-order valence-corrected chi connectivity index (χ1v) is 8.12. The minimum absolute atomic E-state index is 0.207. The summed E-state index contributed by atoms with van der Waals surface area (Å²) >= 11 is 3.29. The summed E-state index contributed by atoms with van der Waals surface area (Å²) in [4.78, 5) is 16.4. The van der Waals surface area contributed by atoms with Crippen LogP contribution in [0.1, 0.15) is 65.7 Å². The highest BCUT2D eigenvalue weighted by molar-refractivity contribution is 7.99. The minimum Gasteiger partial charge on any atom is -0.477 e. The number of carboxylic acids is 1. The van der Waals surface area contributed by atoms with Gasteiger partial charge >= 0.3 is 5.97 Å². The Balaban J connectivity index is 2.35. The van der Waals surface area contributed by atoms with Crippen LogP contribution in [0.15, 0.2) is 0 Å². The predicted octanol–water partition coefficient (Wildman–Crippen LogP) is 4.10. The highest BCUT2D eigenvalue weighted by atomic mass is 32.2. The molecule has 0 radical (unpaired) electrons. The van der Waals surface area contributed by atoms with Gasteiger partial charge in [-0.15, -0.1) is 11.3 Å². The molecular formula is C13H19NO2S2. The molecule has 100 valence electrons. The zero-order valence-corrected chi connectivity index (χ0v) is 12.7. The van der Waals surface area contributed by atoms with Gasteiger partial charge in [0.1, 0.15) is 9.88 Å². The first-order valence-electron chi connectivity index (χ1n) is 6.25. The molecule has 1 aliphatic heterocycles. The average molecular weight is 285 g/mol. The van der Waals surface area contributed by atoms with E-state index < -0.39 is 5.97 Å². The summed E-state index contributed by atoms with van der Waals surface area (Å²) in [5, 5.41) is 10.7. The van der Waals surface area contributed by atoms with Gasteiger partial charge in [0, 0.05) is 5.41 Å². The first kappa shape index (κ1) is 13.9. The third-order valence-electron chi connectivity index (χ3n) is 3.00. The van der Waals surface area contributed by atoms with Gasteiger partial charge in [0.15, 0.2) is 0 Å². The lowest BCUT2D eigenvalue weighted by Gasteiger charge is -2.19. The zero-order valence-electron chi connectivity index (χ0n) is 11.0. The number of aromatic carboxylic acids is 1. The number of thiazole rings is 1. The van der Waals surface area contributed by atoms with Crippen molar-refractivity contribution >= 4 is 29.1 Å². The lowest BCUT2D eigenvalue weighted by Crippen LogP contribution is -2.16. The molecule has 3 nitrogen and oxygen atoms in total. The molecule has 1 aliphatic rings. The molecule has 1 aromatic rings. The Morgan fingerprint density at radius 3 is 2.56 bits per heavy atom. The zero-order chi connectivity index (χ0) is 13.3. The average Bonchev–Trinajstić information content (AvgIpc) is 2.74. The van der Waals surface area contributed by atoms with Gasteiger partial charge in [0.25, 0.3) is 0 Å². The molecule has 0 aromatic carbocycles. The maximum absolute atomic E-state index is 11.3. The molecule has 0 saturated carbocycles. The molecule has 1 aromatic heterocycles. The third-order valence-corrected chi connectivity index (χ3v) is 5.70. The smallest absolute Gasteiger partial charge is 0.347 e. The van der Waals surface area contributed by atoms with E-state index in [0.29, 0.717) is 10.1 Å². The van der Waals surface area contributed by atoms with E-state index in [1.807, 2.05) is 32.5 Å². The van der Waals surface area contributed by atoms with Crippen LogP contribution >= 0.6 is 23.1 Å². The Labute approximate surface area is 116 Å². The lowest BCUT2D eigenvalue weighted by atomic mass is 9.91. The van der Waals surface area contributed by atoms with Crippen LogP contribution in [0, 0.1) is 0 Å². The molecule has 0 bridgehead atoms. The molecule has 0 spiro atoms. The summed E-state index contributed by atoms with van der Waals surface area (Å²) in [7, 11) is 0. The quantitative estimate of drug-likeness (QED) is 0.889. The van der Waals surface area contributed by atoms with Crippen molar-refractivity contribution in [2.75, 3.05) is 5.75 Å². The van der Waals surface area contributed by atoms with Crippen molar-refractivity contribution in [2.24, 2.45) is 0 Å². The number of carboxylic acid groups (broad SMARTS) is 1. The van der Waals surface area contributed by atoms with Gasteiger partial charge in [0.2, 0.25) is 0 Å². The largest absolute Gasteiger partial charge is 0.477 e. The Hall–Kier alpha value is -0.550. The summed E-state index contributed by atoms with van der Waals surface area (Å²) in [5.41, 5.74) is 0.531. The number of aromatic nitrogens is 1. The van der Waals surface area contributed by atoms with E-state index in [9.17, 15) is 9.90 Å². The predicted molar refractivity (Wildman–Crippen MR) is 76.8 cm³/mol. The summed E-state index contributed by atoms with van der Waals surface area (Å²) in [6, 6.07) is 0. The van der Waals surface area contributed by atoms with Crippen molar-refractivity contribution in [2.45, 2.75) is 50.7 Å². The number of nitrogens with zero attached hydrogens (tertiary/aromatic N) is 1. The molecular weight excluding hydrogens is 266 g/mol. The van der Waals surface area contributed by atoms with Crippen LogP contribution in [0.25, 0.3) is 0 Å². The molecule has 0 aliphatic carbocycles. The summed E-state index contributed by atoms with van der Waals surface area (Å²) in [5.74, 6) is 0.321. The van der Waals surface area contributed by atoms with Gasteiger partial charge in [-0.05, 0) is 18.6 Å². The Morgan fingerprint density at radius 1 is 1.39 bits per heavy atom. The van der Waals surface area contributed by atoms with Gasteiger partial charge in [-0.2, -0.15) is 11.8 Å². The topological polar surface area (TPSA) is 50.2 Å². The Bertz CT molecular complexity index is 442. The van der Waals surface area contributed by atoms with E-state index in [2.05, 4.69) is 4.98 Å². The molecule has 1 unspecified atom stereocenters. The summed E-state index contributed by atoms with van der Waals surface area (Å²) < 4.78 is 0. The maximum Gasteiger partial charge on any atom is 0.347 e. The third kappa shape index (κ3) is 2.88. The van der Waals surface area contributed by atoms with E-state index in [0.717, 1.165) is 22.9 Å². The number of thioether (sulfide) groups is 1. The van der Waals surface area contributed by atoms with Crippen LogP contribution in [-0.2, 0) is 5.41 Å². The molecule has 2 heterocycles. The van der Waals surface area contributed by atoms with E-state index in [-0.39, 0.29) is 5.41 Å². The molecule has 1 saturated heterocycles. The fourth-order valence-corrected chi connectivity index (χ4v) is 4.73. The van der Waals surface area contributed by atoms with Crippen LogP contribution in [0.4, 0.5) is 0 Å². The van der Waals surface area contributed by atoms with E-state index in [4.69, 9.17) is 0 Å². The molecule has 1 fully saturated rings. The summed E-state index contributed by atoms with van der Waals surface area (Å²) in [6.07, 6.45) is 3.62. The highest BCUT2D eigenvalue weighted by Crippen LogP contribution is 2.42. The van der Waals surface area contributed by atoms with Gasteiger partial charge in [-0.3, -0.25) is 0 Å². The van der Waals surface area contributed by atoms with Crippen molar-refractivity contribution in [1.29, 1.82) is 0 Å². The first-order chi connectivity index (χ1) is 8.39. The van der Waals surface area contributed by atoms with Crippen molar-refractivity contribution in [3.63, 3.8) is 0 Å². The van der Waals surface area contributed by atoms with Gasteiger partial charge < -0.3 is 5.11 Å². The Kier molecular flexibility index (Phi) is 4.02. The molecule has 1 N–H and O–H groups in total. The van der Waals surface area contributed by atoms with Crippen LogP contribution in [0.5, 0.6) is 0 Å². The van der Waals surface area contributed by atoms with Crippen molar-refractivity contribution in [1.82, 2.24) is 4.98 Å². The number of rotatable bonds is 2. The molecule has 0 amide bonds.